The van der Waals surface area contributed by atoms with E-state index in [1.165, 1.54) is 32.7 Å². The van der Waals surface area contributed by atoms with Gasteiger partial charge in [0.25, 0.3) is 0 Å². The van der Waals surface area contributed by atoms with Gasteiger partial charge in [-0.1, -0.05) is 84.9 Å². The molecule has 5 rings (SSSR count). The van der Waals surface area contributed by atoms with Gasteiger partial charge in [-0.05, 0) is 51.1 Å². The first-order chi connectivity index (χ1) is 14.6. The predicted octanol–water partition coefficient (Wildman–Crippen LogP) is 7.56. The van der Waals surface area contributed by atoms with Crippen LogP contribution in [-0.4, -0.2) is 8.66 Å². The van der Waals surface area contributed by atoms with Crippen LogP contribution in [0, 0.1) is 0 Å². The van der Waals surface area contributed by atoms with Gasteiger partial charge in [0.1, 0.15) is 0 Å². The molecule has 0 aliphatic rings. The average molecular weight is 411 g/mol. The van der Waals surface area contributed by atoms with E-state index in [-0.39, 0.29) is 12.1 Å². The van der Waals surface area contributed by atoms with Crippen molar-refractivity contribution in [2.75, 3.05) is 0 Å². The molecule has 30 heavy (non-hydrogen) atoms. The quantitative estimate of drug-likeness (QED) is 0.300. The molecule has 5 aromatic rings. The van der Waals surface area contributed by atoms with E-state index in [2.05, 4.69) is 98.8 Å². The summed E-state index contributed by atoms with van der Waals surface area (Å²) in [7, 11) is -1.72. The molecule has 0 unspecified atom stereocenters. The highest BCUT2D eigenvalue weighted by molar-refractivity contribution is 7.28. The number of hydrogen-bond donors (Lipinski definition) is 0. The molecule has 0 bridgehead atoms. The number of rotatable bonds is 4. The van der Waals surface area contributed by atoms with Crippen LogP contribution < -0.4 is 0 Å². The van der Waals surface area contributed by atoms with Crippen LogP contribution in [0.15, 0.2) is 97.3 Å². The maximum absolute atomic E-state index is 13.5. The molecule has 0 saturated carbocycles. The van der Waals surface area contributed by atoms with Crippen molar-refractivity contribution in [2.45, 2.75) is 25.9 Å². The van der Waals surface area contributed by atoms with Crippen LogP contribution >= 0.6 is 7.73 Å². The van der Waals surface area contributed by atoms with Crippen LogP contribution in [0.1, 0.15) is 37.1 Å². The van der Waals surface area contributed by atoms with Gasteiger partial charge in [-0.25, -0.2) is 0 Å². The summed E-state index contributed by atoms with van der Waals surface area (Å²) in [5.41, 5.74) is 2.39. The van der Waals surface area contributed by atoms with E-state index < -0.39 is 7.73 Å². The second kappa shape index (κ2) is 7.59. The highest BCUT2D eigenvalue weighted by Crippen LogP contribution is 2.35. The Morgan fingerprint density at radius 2 is 1.00 bits per heavy atom. The van der Waals surface area contributed by atoms with E-state index >= 15 is 0 Å². The summed E-state index contributed by atoms with van der Waals surface area (Å²) in [6, 6.07) is 29.5. The van der Waals surface area contributed by atoms with Crippen LogP contribution in [-0.2, 0) is 4.57 Å². The third-order valence-electron chi connectivity index (χ3n) is 6.11. The Morgan fingerprint density at radius 1 is 0.600 bits per heavy atom. The van der Waals surface area contributed by atoms with Crippen molar-refractivity contribution in [1.82, 2.24) is 8.66 Å². The maximum atomic E-state index is 13.5. The number of hydrogen-bond acceptors (Lipinski definition) is 1. The molecule has 4 aromatic carbocycles. The van der Waals surface area contributed by atoms with E-state index in [4.69, 9.17) is 0 Å². The number of aromatic nitrogens is 2. The Hall–Kier alpha value is -3.16. The number of benzene rings is 4. The zero-order valence-electron chi connectivity index (χ0n) is 17.1. The molecule has 1 heterocycles. The van der Waals surface area contributed by atoms with Crippen LogP contribution in [0.4, 0.5) is 0 Å². The zero-order valence-corrected chi connectivity index (χ0v) is 18.0. The van der Waals surface area contributed by atoms with Crippen molar-refractivity contribution in [3.05, 3.63) is 108 Å². The molecule has 0 N–H and O–H groups in total. The third-order valence-corrected chi connectivity index (χ3v) is 7.86. The standard InChI is InChI=1S/C26H24N2OP/c1-19(23-15-7-11-21-9-3-5-13-25(21)23)27-17-18-28(30(27)29)20(2)24-16-8-12-22-10-4-6-14-26(22)24/h3-20H,1-2H3/q+1/t19-,20-/m0/s1. The summed E-state index contributed by atoms with van der Waals surface area (Å²) < 4.78 is 17.5. The van der Waals surface area contributed by atoms with E-state index in [0.29, 0.717) is 0 Å². The monoisotopic (exact) mass is 411 g/mol. The van der Waals surface area contributed by atoms with Crippen molar-refractivity contribution in [3.8, 4) is 0 Å². The number of nitrogens with zero attached hydrogens (tertiary/aromatic N) is 2. The molecular weight excluding hydrogens is 387 g/mol. The van der Waals surface area contributed by atoms with Gasteiger partial charge in [-0.3, -0.25) is 0 Å². The lowest BCUT2D eigenvalue weighted by molar-refractivity contribution is 0.560. The minimum atomic E-state index is -1.72. The smallest absolute Gasteiger partial charge is 0.143 e. The van der Waals surface area contributed by atoms with Crippen molar-refractivity contribution in [3.63, 3.8) is 0 Å². The fourth-order valence-corrected chi connectivity index (χ4v) is 5.87. The van der Waals surface area contributed by atoms with E-state index in [1.807, 2.05) is 21.1 Å². The van der Waals surface area contributed by atoms with Gasteiger partial charge in [0.15, 0.2) is 0 Å². The van der Waals surface area contributed by atoms with Gasteiger partial charge in [-0.15, -0.1) is 8.66 Å². The first kappa shape index (κ1) is 18.8. The molecule has 2 atom stereocenters. The Kier molecular flexibility index (Phi) is 4.77. The Morgan fingerprint density at radius 3 is 1.47 bits per heavy atom. The van der Waals surface area contributed by atoms with Gasteiger partial charge < -0.3 is 0 Å². The molecule has 0 amide bonds. The van der Waals surface area contributed by atoms with Crippen molar-refractivity contribution in [2.24, 2.45) is 0 Å². The van der Waals surface area contributed by atoms with E-state index in [0.717, 1.165) is 0 Å². The first-order valence-corrected chi connectivity index (χ1v) is 11.5. The molecule has 1 aromatic heterocycles. The fraction of sp³-hybridized carbons (Fsp3) is 0.154. The first-order valence-electron chi connectivity index (χ1n) is 10.3. The fourth-order valence-electron chi connectivity index (χ4n) is 4.44. The summed E-state index contributed by atoms with van der Waals surface area (Å²) in [5, 5.41) is 4.84. The molecular formula is C26H24N2OP+. The van der Waals surface area contributed by atoms with Crippen LogP contribution in [0.2, 0.25) is 0 Å². The Bertz CT molecular complexity index is 1300. The molecule has 3 nitrogen and oxygen atoms in total. The summed E-state index contributed by atoms with van der Waals surface area (Å²) in [6.07, 6.45) is 3.96. The average Bonchev–Trinajstić information content (AvgIpc) is 3.18. The topological polar surface area (TPSA) is 26.9 Å². The highest BCUT2D eigenvalue weighted by Gasteiger charge is 2.27. The van der Waals surface area contributed by atoms with Crippen LogP contribution in [0.5, 0.6) is 0 Å². The van der Waals surface area contributed by atoms with Crippen molar-refractivity contribution < 1.29 is 4.57 Å². The number of fused-ring (bicyclic) bond motifs is 2. The lowest BCUT2D eigenvalue weighted by Gasteiger charge is -2.13. The molecule has 0 radical (unpaired) electrons. The second-order valence-electron chi connectivity index (χ2n) is 7.80. The minimum Gasteiger partial charge on any atom is -0.143 e. The lowest BCUT2D eigenvalue weighted by Crippen LogP contribution is -2.05. The third kappa shape index (κ3) is 3.07. The van der Waals surface area contributed by atoms with Gasteiger partial charge >= 0.3 is 7.73 Å². The molecule has 0 fully saturated rings. The lowest BCUT2D eigenvalue weighted by atomic mass is 10.00. The molecule has 0 saturated heterocycles. The molecule has 148 valence electrons. The summed E-state index contributed by atoms with van der Waals surface area (Å²) in [6.45, 7) is 4.26. The Balaban J connectivity index is 1.57. The van der Waals surface area contributed by atoms with Crippen LogP contribution in [0.25, 0.3) is 21.5 Å². The Labute approximate surface area is 177 Å². The van der Waals surface area contributed by atoms with E-state index in [1.54, 1.807) is 0 Å². The SMILES string of the molecule is C[C@@H](c1cccc2ccccc12)n1ccn([C@@H](C)c2cccc3ccccc23)[p+]1=O. The predicted molar refractivity (Wildman–Crippen MR) is 126 cm³/mol. The van der Waals surface area contributed by atoms with Gasteiger partial charge in [-0.2, -0.15) is 0 Å². The largest absolute Gasteiger partial charge is 0.595 e. The molecule has 4 heteroatoms. The highest BCUT2D eigenvalue weighted by atomic mass is 31.1. The molecule has 0 aliphatic heterocycles. The van der Waals surface area contributed by atoms with Crippen LogP contribution in [0.3, 0.4) is 0 Å². The van der Waals surface area contributed by atoms with Crippen molar-refractivity contribution in [1.29, 1.82) is 0 Å². The van der Waals surface area contributed by atoms with E-state index in [9.17, 15) is 4.57 Å². The molecule has 0 spiro atoms. The van der Waals surface area contributed by atoms with Gasteiger partial charge in [0.05, 0.1) is 24.5 Å². The second-order valence-corrected chi connectivity index (χ2v) is 9.23. The summed E-state index contributed by atoms with van der Waals surface area (Å²) in [5.74, 6) is 0. The minimum absolute atomic E-state index is 0.0145. The molecule has 0 aliphatic carbocycles. The van der Waals surface area contributed by atoms with Gasteiger partial charge in [0, 0.05) is 0 Å². The van der Waals surface area contributed by atoms with Crippen molar-refractivity contribution >= 4 is 29.3 Å². The van der Waals surface area contributed by atoms with Gasteiger partial charge in [0.2, 0.25) is 0 Å². The summed E-state index contributed by atoms with van der Waals surface area (Å²) in [4.78, 5) is 0. The maximum Gasteiger partial charge on any atom is 0.595 e. The zero-order chi connectivity index (χ0) is 20.7. The normalized spacial score (nSPS) is 13.5. The summed E-state index contributed by atoms with van der Waals surface area (Å²) >= 11 is 0.